The lowest BCUT2D eigenvalue weighted by Crippen LogP contribution is -2.32. The van der Waals surface area contributed by atoms with Crippen LogP contribution in [0.25, 0.3) is 11.0 Å². The molecule has 6 nitrogen and oxygen atoms in total. The van der Waals surface area contributed by atoms with E-state index in [1.807, 2.05) is 31.5 Å². The number of carbonyl (C=O) groups is 1. The number of fused-ring (bicyclic) bond motifs is 1. The van der Waals surface area contributed by atoms with E-state index in [0.29, 0.717) is 12.1 Å². The van der Waals surface area contributed by atoms with Crippen LogP contribution in [0.2, 0.25) is 0 Å². The fraction of sp³-hybridized carbons (Fsp3) is 0.562. The number of nitrogens with one attached hydrogen (secondary N) is 1. The van der Waals surface area contributed by atoms with Crippen LogP contribution in [0.1, 0.15) is 41.5 Å². The van der Waals surface area contributed by atoms with Gasteiger partial charge >= 0.3 is 0 Å². The molecule has 6 heteroatoms. The molecule has 2 aromatic rings. The summed E-state index contributed by atoms with van der Waals surface area (Å²) in [7, 11) is 0. The maximum atomic E-state index is 12.6. The molecule has 0 aliphatic heterocycles. The smallest absolute Gasteiger partial charge is 0.252 e. The van der Waals surface area contributed by atoms with Crippen molar-refractivity contribution in [3.63, 3.8) is 0 Å². The molecule has 2 N–H and O–H groups in total. The highest BCUT2D eigenvalue weighted by Gasteiger charge is 2.42. The van der Waals surface area contributed by atoms with Crippen molar-refractivity contribution in [2.75, 3.05) is 13.2 Å². The van der Waals surface area contributed by atoms with Gasteiger partial charge in [0.25, 0.3) is 5.91 Å². The summed E-state index contributed by atoms with van der Waals surface area (Å²) in [6, 6.07) is 1.81. The third kappa shape index (κ3) is 2.47. The van der Waals surface area contributed by atoms with Crippen LogP contribution in [0.3, 0.4) is 0 Å². The number of aryl methyl sites for hydroxylation is 3. The van der Waals surface area contributed by atoms with Gasteiger partial charge in [-0.2, -0.15) is 5.10 Å². The van der Waals surface area contributed by atoms with E-state index in [-0.39, 0.29) is 17.9 Å². The lowest BCUT2D eigenvalue weighted by atomic mass is 10.1. The molecular weight excluding hydrogens is 280 g/mol. The molecule has 0 atom stereocenters. The SMILES string of the molecule is CCn1nc(C)c2c(C(=O)NCC3(CO)CC3)cc(C)nc21. The number of nitrogens with zero attached hydrogens (tertiary/aromatic N) is 3. The number of aliphatic hydroxyl groups excluding tert-OH is 1. The second kappa shape index (κ2) is 5.35. The molecule has 22 heavy (non-hydrogen) atoms. The van der Waals surface area contributed by atoms with Crippen LogP contribution in [-0.4, -0.2) is 38.9 Å². The predicted molar refractivity (Wildman–Crippen MR) is 83.8 cm³/mol. The Morgan fingerprint density at radius 3 is 2.77 bits per heavy atom. The van der Waals surface area contributed by atoms with Crippen LogP contribution >= 0.6 is 0 Å². The zero-order chi connectivity index (χ0) is 15.9. The van der Waals surface area contributed by atoms with Crippen molar-refractivity contribution in [2.45, 2.75) is 40.2 Å². The molecule has 1 fully saturated rings. The molecule has 0 radical (unpaired) electrons. The van der Waals surface area contributed by atoms with Crippen molar-refractivity contribution in [3.8, 4) is 0 Å². The molecule has 2 heterocycles. The summed E-state index contributed by atoms with van der Waals surface area (Å²) in [5.41, 5.74) is 2.90. The third-order valence-electron chi connectivity index (χ3n) is 4.47. The van der Waals surface area contributed by atoms with Gasteiger partial charge in [-0.05, 0) is 39.7 Å². The number of rotatable bonds is 5. The molecule has 1 amide bonds. The first-order valence-corrected chi connectivity index (χ1v) is 7.73. The molecule has 0 unspecified atom stereocenters. The van der Waals surface area contributed by atoms with Crippen molar-refractivity contribution >= 4 is 16.9 Å². The Morgan fingerprint density at radius 1 is 1.45 bits per heavy atom. The van der Waals surface area contributed by atoms with Gasteiger partial charge in [0.1, 0.15) is 0 Å². The number of aliphatic hydroxyl groups is 1. The summed E-state index contributed by atoms with van der Waals surface area (Å²) in [6.07, 6.45) is 1.95. The van der Waals surface area contributed by atoms with Gasteiger partial charge in [-0.15, -0.1) is 0 Å². The lowest BCUT2D eigenvalue weighted by molar-refractivity contribution is 0.0936. The van der Waals surface area contributed by atoms with E-state index in [9.17, 15) is 9.90 Å². The van der Waals surface area contributed by atoms with Gasteiger partial charge in [-0.1, -0.05) is 0 Å². The van der Waals surface area contributed by atoms with E-state index < -0.39 is 0 Å². The first-order valence-electron chi connectivity index (χ1n) is 7.73. The van der Waals surface area contributed by atoms with Gasteiger partial charge in [0.15, 0.2) is 5.65 Å². The Kier molecular flexibility index (Phi) is 3.64. The molecule has 0 aromatic carbocycles. The molecule has 2 aromatic heterocycles. The summed E-state index contributed by atoms with van der Waals surface area (Å²) >= 11 is 0. The van der Waals surface area contributed by atoms with Crippen molar-refractivity contribution in [3.05, 3.63) is 23.0 Å². The number of amides is 1. The first-order chi connectivity index (χ1) is 10.5. The highest BCUT2D eigenvalue weighted by Crippen LogP contribution is 2.44. The van der Waals surface area contributed by atoms with Crippen LogP contribution in [0.4, 0.5) is 0 Å². The van der Waals surface area contributed by atoms with Crippen LogP contribution in [0.15, 0.2) is 6.07 Å². The Labute approximate surface area is 129 Å². The standard InChI is InChI=1S/C16H22N4O2/c1-4-20-14-13(11(3)19-20)12(7-10(2)18-14)15(22)17-8-16(9-21)5-6-16/h7,21H,4-6,8-9H2,1-3H3,(H,17,22). The third-order valence-corrected chi connectivity index (χ3v) is 4.47. The van der Waals surface area contributed by atoms with Gasteiger partial charge in [-0.25, -0.2) is 9.67 Å². The van der Waals surface area contributed by atoms with E-state index in [4.69, 9.17) is 0 Å². The molecule has 0 spiro atoms. The van der Waals surface area contributed by atoms with Gasteiger partial charge in [0.05, 0.1) is 23.3 Å². The average molecular weight is 302 g/mol. The fourth-order valence-electron chi connectivity index (χ4n) is 2.81. The van der Waals surface area contributed by atoms with Crippen LogP contribution < -0.4 is 5.32 Å². The molecule has 0 saturated heterocycles. The zero-order valence-electron chi connectivity index (χ0n) is 13.3. The number of hydrogen-bond donors (Lipinski definition) is 2. The maximum absolute atomic E-state index is 12.6. The van der Waals surface area contributed by atoms with Gasteiger partial charge in [-0.3, -0.25) is 4.79 Å². The van der Waals surface area contributed by atoms with Crippen LogP contribution in [0.5, 0.6) is 0 Å². The molecular formula is C16H22N4O2. The number of pyridine rings is 1. The van der Waals surface area contributed by atoms with Gasteiger partial charge in [0, 0.05) is 24.2 Å². The Morgan fingerprint density at radius 2 is 2.18 bits per heavy atom. The minimum absolute atomic E-state index is 0.0977. The first kappa shape index (κ1) is 15.0. The quantitative estimate of drug-likeness (QED) is 0.878. The second-order valence-electron chi connectivity index (χ2n) is 6.25. The summed E-state index contributed by atoms with van der Waals surface area (Å²) in [5, 5.41) is 17.6. The fourth-order valence-corrected chi connectivity index (χ4v) is 2.81. The average Bonchev–Trinajstić information content (AvgIpc) is 3.23. The Bertz CT molecular complexity index is 731. The topological polar surface area (TPSA) is 80.0 Å². The van der Waals surface area contributed by atoms with Crippen LogP contribution in [-0.2, 0) is 6.54 Å². The van der Waals surface area contributed by atoms with E-state index in [1.54, 1.807) is 0 Å². The van der Waals surface area contributed by atoms with Crippen molar-refractivity contribution in [1.29, 1.82) is 0 Å². The predicted octanol–water partition coefficient (Wildman–Crippen LogP) is 1.57. The van der Waals surface area contributed by atoms with Crippen molar-refractivity contribution < 1.29 is 9.90 Å². The molecule has 1 saturated carbocycles. The second-order valence-corrected chi connectivity index (χ2v) is 6.25. The zero-order valence-corrected chi connectivity index (χ0v) is 13.3. The minimum atomic E-state index is -0.117. The van der Waals surface area contributed by atoms with Crippen molar-refractivity contribution in [1.82, 2.24) is 20.1 Å². The number of carbonyl (C=O) groups excluding carboxylic acids is 1. The lowest BCUT2D eigenvalue weighted by Gasteiger charge is -2.13. The Balaban J connectivity index is 1.95. The number of aromatic nitrogens is 3. The molecule has 3 rings (SSSR count). The normalized spacial score (nSPS) is 16.0. The molecule has 0 bridgehead atoms. The summed E-state index contributed by atoms with van der Waals surface area (Å²) in [4.78, 5) is 17.1. The van der Waals surface area contributed by atoms with Gasteiger partial charge in [0.2, 0.25) is 0 Å². The minimum Gasteiger partial charge on any atom is -0.396 e. The maximum Gasteiger partial charge on any atom is 0.252 e. The monoisotopic (exact) mass is 302 g/mol. The molecule has 1 aliphatic rings. The largest absolute Gasteiger partial charge is 0.396 e. The van der Waals surface area contributed by atoms with Crippen molar-refractivity contribution in [2.24, 2.45) is 5.41 Å². The molecule has 118 valence electrons. The van der Waals surface area contributed by atoms with Gasteiger partial charge < -0.3 is 10.4 Å². The molecule has 1 aliphatic carbocycles. The Hall–Kier alpha value is -1.95. The highest BCUT2D eigenvalue weighted by atomic mass is 16.3. The summed E-state index contributed by atoms with van der Waals surface area (Å²) in [6.45, 7) is 7.16. The van der Waals surface area contributed by atoms with E-state index >= 15 is 0 Å². The highest BCUT2D eigenvalue weighted by molar-refractivity contribution is 6.06. The van der Waals surface area contributed by atoms with Crippen LogP contribution in [0, 0.1) is 19.3 Å². The summed E-state index contributed by atoms with van der Waals surface area (Å²) in [5.74, 6) is -0.117. The number of hydrogen-bond acceptors (Lipinski definition) is 4. The van der Waals surface area contributed by atoms with E-state index in [0.717, 1.165) is 41.8 Å². The van der Waals surface area contributed by atoms with E-state index in [1.165, 1.54) is 0 Å². The summed E-state index contributed by atoms with van der Waals surface area (Å²) < 4.78 is 1.82. The van der Waals surface area contributed by atoms with E-state index in [2.05, 4.69) is 15.4 Å².